The van der Waals surface area contributed by atoms with Crippen LogP contribution in [0.15, 0.2) is 12.4 Å². The number of nitrogens with one attached hydrogen (secondary N) is 2. The molecule has 0 fully saturated rings. The lowest BCUT2D eigenvalue weighted by atomic mass is 10.0. The van der Waals surface area contributed by atoms with Gasteiger partial charge in [-0.1, -0.05) is 0 Å². The van der Waals surface area contributed by atoms with E-state index in [0.717, 1.165) is 17.8 Å². The fourth-order valence-electron chi connectivity index (χ4n) is 2.03. The standard InChI is InChI=1S/C11H11N5O2/c17-11(18)8-6-1-2-12-5-7(6)15-10(16-8)9-13-3-4-14-9/h3-4,12H,1-2,5H2,(H,13,14)(H,17,18). The summed E-state index contributed by atoms with van der Waals surface area (Å²) < 4.78 is 0. The van der Waals surface area contributed by atoms with Gasteiger partial charge in [0.15, 0.2) is 17.3 Å². The number of aromatic carboxylic acids is 1. The minimum atomic E-state index is -1.02. The van der Waals surface area contributed by atoms with Crippen LogP contribution in [0.5, 0.6) is 0 Å². The molecule has 1 aliphatic rings. The van der Waals surface area contributed by atoms with Crippen LogP contribution in [0, 0.1) is 0 Å². The summed E-state index contributed by atoms with van der Waals surface area (Å²) in [6, 6.07) is 0. The quantitative estimate of drug-likeness (QED) is 0.698. The van der Waals surface area contributed by atoms with Crippen molar-refractivity contribution in [1.29, 1.82) is 0 Å². The Bertz CT molecular complexity index is 594. The molecular weight excluding hydrogens is 234 g/mol. The summed E-state index contributed by atoms with van der Waals surface area (Å²) in [5.41, 5.74) is 1.53. The third kappa shape index (κ3) is 1.74. The largest absolute Gasteiger partial charge is 0.476 e. The van der Waals surface area contributed by atoms with E-state index in [1.165, 1.54) is 0 Å². The molecular formula is C11H11N5O2. The predicted octanol–water partition coefficient (Wildman–Crippen LogP) is 0.211. The molecule has 0 spiro atoms. The Labute approximate surface area is 102 Å². The van der Waals surface area contributed by atoms with Crippen LogP contribution in [0.3, 0.4) is 0 Å². The van der Waals surface area contributed by atoms with Crippen LogP contribution >= 0.6 is 0 Å². The molecule has 0 aromatic carbocycles. The van der Waals surface area contributed by atoms with Gasteiger partial charge in [-0.3, -0.25) is 0 Å². The number of fused-ring (bicyclic) bond motifs is 1. The second kappa shape index (κ2) is 4.19. The maximum Gasteiger partial charge on any atom is 0.354 e. The Kier molecular flexibility index (Phi) is 2.52. The molecule has 7 nitrogen and oxygen atoms in total. The van der Waals surface area contributed by atoms with Crippen molar-refractivity contribution in [3.05, 3.63) is 29.3 Å². The van der Waals surface area contributed by atoms with Crippen molar-refractivity contribution in [2.75, 3.05) is 6.54 Å². The Morgan fingerprint density at radius 1 is 1.39 bits per heavy atom. The van der Waals surface area contributed by atoms with Gasteiger partial charge in [0.1, 0.15) is 0 Å². The Hall–Kier alpha value is -2.28. The van der Waals surface area contributed by atoms with Gasteiger partial charge in [0.25, 0.3) is 0 Å². The van der Waals surface area contributed by atoms with Gasteiger partial charge in [-0.15, -0.1) is 0 Å². The van der Waals surface area contributed by atoms with E-state index in [4.69, 9.17) is 0 Å². The normalized spacial score (nSPS) is 14.2. The molecule has 0 amide bonds. The molecule has 3 N–H and O–H groups in total. The molecule has 0 unspecified atom stereocenters. The van der Waals surface area contributed by atoms with Crippen LogP contribution in [0.1, 0.15) is 21.7 Å². The summed E-state index contributed by atoms with van der Waals surface area (Å²) >= 11 is 0. The number of carboxylic acid groups (broad SMARTS) is 1. The first kappa shape index (κ1) is 10.8. The van der Waals surface area contributed by atoms with Gasteiger partial charge in [0.05, 0.1) is 5.69 Å². The van der Waals surface area contributed by atoms with Crippen molar-refractivity contribution in [1.82, 2.24) is 25.3 Å². The number of aromatic nitrogens is 4. The highest BCUT2D eigenvalue weighted by Crippen LogP contribution is 2.19. The maximum absolute atomic E-state index is 11.3. The fourth-order valence-corrected chi connectivity index (χ4v) is 2.03. The monoisotopic (exact) mass is 245 g/mol. The number of aromatic amines is 1. The molecule has 3 rings (SSSR count). The van der Waals surface area contributed by atoms with E-state index in [1.54, 1.807) is 12.4 Å². The molecule has 0 atom stereocenters. The highest BCUT2D eigenvalue weighted by molar-refractivity contribution is 5.88. The summed E-state index contributed by atoms with van der Waals surface area (Å²) in [6.07, 6.45) is 3.86. The number of carboxylic acids is 1. The zero-order chi connectivity index (χ0) is 12.5. The van der Waals surface area contributed by atoms with Crippen LogP contribution < -0.4 is 5.32 Å². The zero-order valence-electron chi connectivity index (χ0n) is 9.47. The number of rotatable bonds is 2. The lowest BCUT2D eigenvalue weighted by molar-refractivity contribution is 0.0688. The first-order chi connectivity index (χ1) is 8.75. The highest BCUT2D eigenvalue weighted by atomic mass is 16.4. The number of nitrogens with zero attached hydrogens (tertiary/aromatic N) is 3. The highest BCUT2D eigenvalue weighted by Gasteiger charge is 2.22. The van der Waals surface area contributed by atoms with Crippen molar-refractivity contribution in [3.63, 3.8) is 0 Å². The Morgan fingerprint density at radius 2 is 2.28 bits per heavy atom. The van der Waals surface area contributed by atoms with E-state index in [-0.39, 0.29) is 5.69 Å². The van der Waals surface area contributed by atoms with Crippen LogP contribution in [0.2, 0.25) is 0 Å². The summed E-state index contributed by atoms with van der Waals surface area (Å²) in [6.45, 7) is 1.31. The van der Waals surface area contributed by atoms with Gasteiger partial charge in [-0.25, -0.2) is 19.7 Å². The van der Waals surface area contributed by atoms with Crippen molar-refractivity contribution >= 4 is 5.97 Å². The molecule has 92 valence electrons. The predicted molar refractivity (Wildman–Crippen MR) is 62.0 cm³/mol. The average molecular weight is 245 g/mol. The molecule has 1 aliphatic heterocycles. The van der Waals surface area contributed by atoms with Crippen molar-refractivity contribution in [2.24, 2.45) is 0 Å². The molecule has 0 bridgehead atoms. The van der Waals surface area contributed by atoms with E-state index in [1.807, 2.05) is 0 Å². The van der Waals surface area contributed by atoms with E-state index in [0.29, 0.717) is 24.6 Å². The smallest absolute Gasteiger partial charge is 0.354 e. The van der Waals surface area contributed by atoms with Gasteiger partial charge in [0, 0.05) is 24.5 Å². The average Bonchev–Trinajstić information content (AvgIpc) is 2.91. The third-order valence-corrected chi connectivity index (χ3v) is 2.85. The molecule has 0 saturated heterocycles. The number of imidazole rings is 1. The van der Waals surface area contributed by atoms with Crippen LogP contribution in [0.25, 0.3) is 11.6 Å². The van der Waals surface area contributed by atoms with Crippen LogP contribution in [-0.4, -0.2) is 37.6 Å². The number of hydrogen-bond donors (Lipinski definition) is 3. The van der Waals surface area contributed by atoms with E-state index in [2.05, 4.69) is 25.3 Å². The van der Waals surface area contributed by atoms with Gasteiger partial charge in [0.2, 0.25) is 0 Å². The lowest BCUT2D eigenvalue weighted by Crippen LogP contribution is -2.27. The molecule has 0 aliphatic carbocycles. The lowest BCUT2D eigenvalue weighted by Gasteiger charge is -2.17. The molecule has 2 aromatic heterocycles. The topological polar surface area (TPSA) is 104 Å². The summed E-state index contributed by atoms with van der Waals surface area (Å²) in [7, 11) is 0. The number of carbonyl (C=O) groups is 1. The molecule has 2 aromatic rings. The van der Waals surface area contributed by atoms with E-state index >= 15 is 0 Å². The van der Waals surface area contributed by atoms with Crippen LogP contribution in [0.4, 0.5) is 0 Å². The minimum absolute atomic E-state index is 0.0768. The zero-order valence-corrected chi connectivity index (χ0v) is 9.47. The number of H-pyrrole nitrogens is 1. The van der Waals surface area contributed by atoms with Crippen LogP contribution in [-0.2, 0) is 13.0 Å². The van der Waals surface area contributed by atoms with Crippen molar-refractivity contribution in [3.8, 4) is 11.6 Å². The molecule has 0 saturated carbocycles. The Balaban J connectivity index is 2.18. The molecule has 18 heavy (non-hydrogen) atoms. The second-order valence-corrected chi connectivity index (χ2v) is 3.99. The summed E-state index contributed by atoms with van der Waals surface area (Å²) in [4.78, 5) is 26.6. The summed E-state index contributed by atoms with van der Waals surface area (Å²) in [5, 5.41) is 12.4. The molecule has 3 heterocycles. The van der Waals surface area contributed by atoms with Crippen molar-refractivity contribution in [2.45, 2.75) is 13.0 Å². The minimum Gasteiger partial charge on any atom is -0.476 e. The summed E-state index contributed by atoms with van der Waals surface area (Å²) in [5.74, 6) is -0.228. The fraction of sp³-hybridized carbons (Fsp3) is 0.273. The third-order valence-electron chi connectivity index (χ3n) is 2.85. The number of hydrogen-bond acceptors (Lipinski definition) is 5. The molecule has 0 radical (unpaired) electrons. The van der Waals surface area contributed by atoms with Crippen molar-refractivity contribution < 1.29 is 9.90 Å². The SMILES string of the molecule is O=C(O)c1nc(-c2ncc[nH]2)nc2c1CCNC2. The first-order valence-electron chi connectivity index (χ1n) is 5.59. The van der Waals surface area contributed by atoms with E-state index in [9.17, 15) is 9.90 Å². The maximum atomic E-state index is 11.3. The first-order valence-corrected chi connectivity index (χ1v) is 5.59. The van der Waals surface area contributed by atoms with Gasteiger partial charge in [-0.2, -0.15) is 0 Å². The molecule has 7 heteroatoms. The second-order valence-electron chi connectivity index (χ2n) is 3.99. The van der Waals surface area contributed by atoms with Gasteiger partial charge in [-0.05, 0) is 13.0 Å². The van der Waals surface area contributed by atoms with Gasteiger partial charge < -0.3 is 15.4 Å². The van der Waals surface area contributed by atoms with E-state index < -0.39 is 5.97 Å². The Morgan fingerprint density at radius 3 is 3.00 bits per heavy atom. The van der Waals surface area contributed by atoms with Gasteiger partial charge >= 0.3 is 5.97 Å².